The van der Waals surface area contributed by atoms with Crippen LogP contribution in [0.25, 0.3) is 0 Å². The summed E-state index contributed by atoms with van der Waals surface area (Å²) < 4.78 is 9.55. The summed E-state index contributed by atoms with van der Waals surface area (Å²) in [5.41, 5.74) is 13.4. The van der Waals surface area contributed by atoms with E-state index in [2.05, 4.69) is 16.5 Å². The van der Waals surface area contributed by atoms with Crippen molar-refractivity contribution >= 4 is 17.5 Å². The van der Waals surface area contributed by atoms with Gasteiger partial charge in [0.05, 0.1) is 0 Å². The molecular weight excluding hydrogens is 120 g/mol. The van der Waals surface area contributed by atoms with E-state index < -0.39 is 7.59 Å². The second-order valence-electron chi connectivity index (χ2n) is 0.763. The molecular formula is H9N3OP2. The maximum atomic E-state index is 9.55. The zero-order valence-corrected chi connectivity index (χ0v) is 5.60. The van der Waals surface area contributed by atoms with Gasteiger partial charge in [-0.1, -0.05) is 0 Å². The van der Waals surface area contributed by atoms with E-state index in [9.17, 15) is 4.57 Å². The summed E-state index contributed by atoms with van der Waals surface area (Å²) in [6, 6.07) is 0. The molecule has 0 rings (SSSR count). The van der Waals surface area contributed by atoms with Gasteiger partial charge in [-0.3, -0.25) is 21.1 Å². The molecule has 0 saturated carbocycles. The number of hydrogen-bond donors (Lipinski definition) is 3. The largest absolute Gasteiger partial charge is 0.272 e. The van der Waals surface area contributed by atoms with E-state index in [1.54, 1.807) is 0 Å². The third-order valence-electron chi connectivity index (χ3n) is 0. The summed E-state index contributed by atoms with van der Waals surface area (Å²) in [7, 11) is -3.14. The molecule has 0 aromatic rings. The zero-order valence-electron chi connectivity index (χ0n) is 3.29. The molecule has 0 aliphatic rings. The highest BCUT2D eigenvalue weighted by atomic mass is 31.2. The van der Waals surface area contributed by atoms with E-state index in [1.807, 2.05) is 0 Å². The molecule has 1 atom stereocenters. The second kappa shape index (κ2) is 2.67. The van der Waals surface area contributed by atoms with Gasteiger partial charge in [-0.15, -0.1) is 0 Å². The Labute approximate surface area is 39.6 Å². The first-order valence-corrected chi connectivity index (χ1v) is 2.87. The van der Waals surface area contributed by atoms with Crippen LogP contribution < -0.4 is 16.5 Å². The lowest BCUT2D eigenvalue weighted by Crippen LogP contribution is -2.12. The molecule has 0 radical (unpaired) electrons. The smallest absolute Gasteiger partial charge is 0.271 e. The molecule has 0 aliphatic heterocycles. The van der Waals surface area contributed by atoms with E-state index >= 15 is 0 Å². The summed E-state index contributed by atoms with van der Waals surface area (Å²) in [5, 5.41) is 0. The Bertz CT molecular complexity index is 54.9. The lowest BCUT2D eigenvalue weighted by Gasteiger charge is -1.88. The molecule has 0 aliphatic carbocycles. The van der Waals surface area contributed by atoms with Crippen LogP contribution in [0.1, 0.15) is 0 Å². The van der Waals surface area contributed by atoms with Crippen molar-refractivity contribution in [1.29, 1.82) is 0 Å². The van der Waals surface area contributed by atoms with Crippen molar-refractivity contribution in [3.63, 3.8) is 0 Å². The van der Waals surface area contributed by atoms with Crippen molar-refractivity contribution in [3.05, 3.63) is 0 Å². The van der Waals surface area contributed by atoms with E-state index in [1.165, 1.54) is 0 Å². The van der Waals surface area contributed by atoms with Gasteiger partial charge in [0, 0.05) is 0 Å². The molecule has 0 saturated heterocycles. The third kappa shape index (κ3) is 195. The molecule has 0 aromatic carbocycles. The van der Waals surface area contributed by atoms with Crippen LogP contribution in [0.5, 0.6) is 0 Å². The van der Waals surface area contributed by atoms with E-state index in [-0.39, 0.29) is 9.90 Å². The van der Waals surface area contributed by atoms with E-state index in [0.717, 1.165) is 0 Å². The van der Waals surface area contributed by atoms with Gasteiger partial charge in [0.15, 0.2) is 0 Å². The van der Waals surface area contributed by atoms with Crippen molar-refractivity contribution in [1.82, 2.24) is 0 Å². The van der Waals surface area contributed by atoms with Crippen LogP contribution in [0, 0.1) is 0 Å². The maximum Gasteiger partial charge on any atom is 0.271 e. The fourth-order valence-corrected chi connectivity index (χ4v) is 0. The second-order valence-corrected chi connectivity index (χ2v) is 2.29. The minimum atomic E-state index is -3.14. The standard InChI is InChI=1S/H6N3OP.H3P/c1-5(2,3)4;/h(H6,1,2,3,4);1H3. The Morgan fingerprint density at radius 3 is 1.17 bits per heavy atom. The van der Waals surface area contributed by atoms with Gasteiger partial charge in [-0.25, -0.2) is 0 Å². The van der Waals surface area contributed by atoms with Gasteiger partial charge in [0.1, 0.15) is 0 Å². The van der Waals surface area contributed by atoms with Gasteiger partial charge in [0.25, 0.3) is 7.59 Å². The molecule has 6 N–H and O–H groups in total. The molecule has 0 spiro atoms. The third-order valence-corrected chi connectivity index (χ3v) is 0. The first kappa shape index (κ1) is 9.74. The van der Waals surface area contributed by atoms with Gasteiger partial charge in [-0.05, 0) is 0 Å². The lowest BCUT2D eigenvalue weighted by atomic mass is 13.8. The molecule has 0 aromatic heterocycles. The van der Waals surface area contributed by atoms with Crippen LogP contribution >= 0.6 is 17.5 Å². The molecule has 40 valence electrons. The van der Waals surface area contributed by atoms with Gasteiger partial charge in [0.2, 0.25) is 0 Å². The Morgan fingerprint density at radius 1 is 1.17 bits per heavy atom. The SMILES string of the molecule is NP(N)(N)=O.P. The van der Waals surface area contributed by atoms with Crippen molar-refractivity contribution in [3.8, 4) is 0 Å². The molecule has 1 unspecified atom stereocenters. The monoisotopic (exact) mass is 129 g/mol. The number of rotatable bonds is 0. The highest BCUT2D eigenvalue weighted by molar-refractivity contribution is 7.56. The van der Waals surface area contributed by atoms with Gasteiger partial charge < -0.3 is 0 Å². The predicted molar refractivity (Wildman–Crippen MR) is 31.3 cm³/mol. The highest BCUT2D eigenvalue weighted by Crippen LogP contribution is 2.06. The Balaban J connectivity index is 0. The Hall–Kier alpha value is 0.540. The molecule has 0 amide bonds. The Morgan fingerprint density at radius 2 is 1.17 bits per heavy atom. The fourth-order valence-electron chi connectivity index (χ4n) is 0. The Kier molecular flexibility index (Phi) is 4.33. The molecule has 0 bridgehead atoms. The predicted octanol–water partition coefficient (Wildman–Crippen LogP) is -0.971. The highest BCUT2D eigenvalue weighted by Gasteiger charge is 1.90. The van der Waals surface area contributed by atoms with Crippen LogP contribution in [0.3, 0.4) is 0 Å². The quantitative estimate of drug-likeness (QED) is 0.366. The van der Waals surface area contributed by atoms with Crippen LogP contribution in [-0.2, 0) is 4.57 Å². The van der Waals surface area contributed by atoms with Crippen LogP contribution in [0.15, 0.2) is 0 Å². The van der Waals surface area contributed by atoms with E-state index in [0.29, 0.717) is 0 Å². The molecule has 0 fully saturated rings. The topological polar surface area (TPSA) is 95.1 Å². The summed E-state index contributed by atoms with van der Waals surface area (Å²) in [5.74, 6) is 0. The van der Waals surface area contributed by atoms with Crippen molar-refractivity contribution in [2.24, 2.45) is 16.5 Å². The average Bonchev–Trinajstić information content (AvgIpc) is 0.722. The van der Waals surface area contributed by atoms with Crippen molar-refractivity contribution < 1.29 is 4.57 Å². The minimum absolute atomic E-state index is 0. The number of nitrogens with two attached hydrogens (primary N) is 3. The van der Waals surface area contributed by atoms with Crippen molar-refractivity contribution in [2.45, 2.75) is 0 Å². The summed E-state index contributed by atoms with van der Waals surface area (Å²) in [6.45, 7) is 0. The number of hydrogen-bond acceptors (Lipinski definition) is 1. The van der Waals surface area contributed by atoms with Crippen LogP contribution in [-0.4, -0.2) is 0 Å². The fraction of sp³-hybridized carbons (Fsp3) is 0. The molecule has 6 heavy (non-hydrogen) atoms. The molecule has 0 heterocycles. The van der Waals surface area contributed by atoms with Gasteiger partial charge in [-0.2, -0.15) is 9.90 Å². The van der Waals surface area contributed by atoms with E-state index in [4.69, 9.17) is 0 Å². The van der Waals surface area contributed by atoms with Crippen LogP contribution in [0.4, 0.5) is 0 Å². The normalized spacial score (nSPS) is 9.83. The minimum Gasteiger partial charge on any atom is -0.272 e. The molecule has 4 nitrogen and oxygen atoms in total. The zero-order chi connectivity index (χ0) is 4.50. The molecule has 6 heteroatoms. The summed E-state index contributed by atoms with van der Waals surface area (Å²) in [6.07, 6.45) is 0. The van der Waals surface area contributed by atoms with Crippen molar-refractivity contribution in [2.75, 3.05) is 0 Å². The first-order valence-electron chi connectivity index (χ1n) is 0.957. The maximum absolute atomic E-state index is 9.55. The average molecular weight is 129 g/mol. The first-order chi connectivity index (χ1) is 2.00. The van der Waals surface area contributed by atoms with Gasteiger partial charge >= 0.3 is 0 Å². The lowest BCUT2D eigenvalue weighted by molar-refractivity contribution is 0.577. The van der Waals surface area contributed by atoms with Crippen LogP contribution in [0.2, 0.25) is 0 Å². The summed E-state index contributed by atoms with van der Waals surface area (Å²) >= 11 is 0. The summed E-state index contributed by atoms with van der Waals surface area (Å²) in [4.78, 5) is 0.